The molecule has 0 radical (unpaired) electrons. The molecular formula is C18H16FNO5. The number of furan rings is 1. The summed E-state index contributed by atoms with van der Waals surface area (Å²) in [7, 11) is 0. The molecule has 0 spiro atoms. The minimum absolute atomic E-state index is 0.0746. The maximum Gasteiger partial charge on any atom is 0.312 e. The highest BCUT2D eigenvalue weighted by atomic mass is 19.1. The lowest BCUT2D eigenvalue weighted by Crippen LogP contribution is -2.56. The smallest absolute Gasteiger partial charge is 0.312 e. The van der Waals surface area contributed by atoms with E-state index in [-0.39, 0.29) is 37.7 Å². The second kappa shape index (κ2) is 5.42. The number of carbonyl (C=O) groups excluding carboxylic acids is 1. The first-order chi connectivity index (χ1) is 11.9. The van der Waals surface area contributed by atoms with Crippen molar-refractivity contribution >= 4 is 11.9 Å². The quantitative estimate of drug-likeness (QED) is 0.868. The number of benzene rings is 1. The topological polar surface area (TPSA) is 88.8 Å². The monoisotopic (exact) mass is 345 g/mol. The fourth-order valence-corrected chi connectivity index (χ4v) is 3.53. The van der Waals surface area contributed by atoms with Gasteiger partial charge in [0, 0.05) is 18.4 Å². The summed E-state index contributed by atoms with van der Waals surface area (Å²) in [6, 6.07) is 9.40. The molecule has 6 nitrogen and oxygen atoms in total. The molecule has 0 unspecified atom stereocenters. The third-order valence-corrected chi connectivity index (χ3v) is 4.95. The van der Waals surface area contributed by atoms with Crippen molar-refractivity contribution in [1.29, 1.82) is 0 Å². The fourth-order valence-electron chi connectivity index (χ4n) is 3.53. The molecule has 1 saturated carbocycles. The van der Waals surface area contributed by atoms with E-state index in [9.17, 15) is 19.1 Å². The van der Waals surface area contributed by atoms with Gasteiger partial charge in [-0.15, -0.1) is 0 Å². The average molecular weight is 345 g/mol. The van der Waals surface area contributed by atoms with E-state index in [4.69, 9.17) is 9.15 Å². The van der Waals surface area contributed by atoms with Gasteiger partial charge in [-0.25, -0.2) is 4.39 Å². The maximum atomic E-state index is 13.0. The van der Waals surface area contributed by atoms with E-state index in [0.717, 1.165) is 5.56 Å². The molecule has 3 aliphatic rings. The van der Waals surface area contributed by atoms with Crippen molar-refractivity contribution in [2.45, 2.75) is 25.0 Å². The molecule has 25 heavy (non-hydrogen) atoms. The predicted molar refractivity (Wildman–Crippen MR) is 83.9 cm³/mol. The molecule has 2 bridgehead atoms. The average Bonchev–Trinajstić information content (AvgIpc) is 3.26. The van der Waals surface area contributed by atoms with Crippen LogP contribution in [0, 0.1) is 11.2 Å². The van der Waals surface area contributed by atoms with Crippen LogP contribution in [-0.2, 0) is 20.9 Å². The number of fused-ring (bicyclic) bond motifs is 1. The lowest BCUT2D eigenvalue weighted by atomic mass is 9.62. The normalized spacial score (nSPS) is 26.9. The lowest BCUT2D eigenvalue weighted by Gasteiger charge is -2.40. The van der Waals surface area contributed by atoms with Crippen LogP contribution in [0.15, 0.2) is 40.8 Å². The van der Waals surface area contributed by atoms with E-state index in [1.807, 2.05) is 0 Å². The van der Waals surface area contributed by atoms with Crippen LogP contribution < -0.4 is 5.32 Å². The third-order valence-electron chi connectivity index (χ3n) is 4.95. The molecule has 2 aromatic rings. The number of ether oxygens (including phenoxy) is 1. The van der Waals surface area contributed by atoms with Gasteiger partial charge in [-0.1, -0.05) is 0 Å². The Morgan fingerprint density at radius 2 is 1.88 bits per heavy atom. The predicted octanol–water partition coefficient (Wildman–Crippen LogP) is 2.34. The molecule has 2 aliphatic heterocycles. The number of halogens is 1. The number of nitrogens with one attached hydrogen (secondary N) is 1. The first kappa shape index (κ1) is 15.8. The van der Waals surface area contributed by atoms with Gasteiger partial charge in [-0.2, -0.15) is 0 Å². The summed E-state index contributed by atoms with van der Waals surface area (Å²) < 4.78 is 24.1. The second-order valence-corrected chi connectivity index (χ2v) is 6.68. The summed E-state index contributed by atoms with van der Waals surface area (Å²) in [5, 5.41) is 11.9. The number of hydrogen-bond donors (Lipinski definition) is 2. The molecular weight excluding hydrogens is 329 g/mol. The summed E-state index contributed by atoms with van der Waals surface area (Å²) in [5.74, 6) is -0.430. The molecule has 3 heterocycles. The summed E-state index contributed by atoms with van der Waals surface area (Å²) in [6.45, 7) is 0.246. The number of aliphatic carboxylic acids is 1. The zero-order chi connectivity index (χ0) is 17.7. The van der Waals surface area contributed by atoms with Crippen LogP contribution in [0.25, 0.3) is 11.3 Å². The molecule has 130 valence electrons. The summed E-state index contributed by atoms with van der Waals surface area (Å²) in [6.07, 6.45) is 0.417. The summed E-state index contributed by atoms with van der Waals surface area (Å²) >= 11 is 0. The van der Waals surface area contributed by atoms with Crippen LogP contribution in [0.1, 0.15) is 18.6 Å². The van der Waals surface area contributed by atoms with Crippen molar-refractivity contribution in [1.82, 2.24) is 5.32 Å². The fraction of sp³-hybridized carbons (Fsp3) is 0.333. The number of hydrogen-bond acceptors (Lipinski definition) is 4. The van der Waals surface area contributed by atoms with E-state index in [1.54, 1.807) is 24.3 Å². The van der Waals surface area contributed by atoms with E-state index < -0.39 is 17.0 Å². The Balaban J connectivity index is 1.37. The molecule has 1 amide bonds. The minimum atomic E-state index is -1.02. The van der Waals surface area contributed by atoms with Crippen LogP contribution in [0.4, 0.5) is 4.39 Å². The maximum absolute atomic E-state index is 13.0. The lowest BCUT2D eigenvalue weighted by molar-refractivity contribution is -0.158. The summed E-state index contributed by atoms with van der Waals surface area (Å²) in [5.41, 5.74) is -1.19. The Bertz CT molecular complexity index is 835. The van der Waals surface area contributed by atoms with Crippen molar-refractivity contribution in [3.8, 4) is 11.3 Å². The van der Waals surface area contributed by atoms with Gasteiger partial charge in [0.2, 0.25) is 0 Å². The largest absolute Gasteiger partial charge is 0.481 e. The molecule has 2 saturated heterocycles. The van der Waals surface area contributed by atoms with E-state index in [2.05, 4.69) is 5.32 Å². The SMILES string of the molecule is O=C(O)C12COC(C(=O)NCc3ccc(-c4ccc(F)cc4)o3)(C1)C2. The van der Waals surface area contributed by atoms with Gasteiger partial charge in [0.1, 0.15) is 22.9 Å². The Morgan fingerprint density at radius 1 is 1.16 bits per heavy atom. The van der Waals surface area contributed by atoms with Crippen LogP contribution in [0.3, 0.4) is 0 Å². The molecule has 0 atom stereocenters. The van der Waals surface area contributed by atoms with Gasteiger partial charge in [0.25, 0.3) is 5.91 Å². The number of amides is 1. The standard InChI is InChI=1S/C18H16FNO5/c19-12-3-1-11(2-4-12)14-6-5-13(25-14)7-20-15(21)18-8-17(9-18,10-24-18)16(22)23/h1-6H,7-10H2,(H,20,21)(H,22,23). The summed E-state index contributed by atoms with van der Waals surface area (Å²) in [4.78, 5) is 23.6. The molecule has 1 aromatic heterocycles. The van der Waals surface area contributed by atoms with Crippen LogP contribution in [-0.4, -0.2) is 29.2 Å². The molecule has 7 heteroatoms. The van der Waals surface area contributed by atoms with Crippen molar-refractivity contribution in [3.63, 3.8) is 0 Å². The number of carboxylic acids is 1. The Hall–Kier alpha value is -2.67. The molecule has 3 fully saturated rings. The Kier molecular flexibility index (Phi) is 3.43. The van der Waals surface area contributed by atoms with Gasteiger partial charge < -0.3 is 19.6 Å². The van der Waals surface area contributed by atoms with Gasteiger partial charge in [0.05, 0.1) is 18.6 Å². The van der Waals surface area contributed by atoms with Crippen LogP contribution >= 0.6 is 0 Å². The minimum Gasteiger partial charge on any atom is -0.481 e. The Morgan fingerprint density at radius 3 is 2.52 bits per heavy atom. The van der Waals surface area contributed by atoms with Crippen LogP contribution in [0.5, 0.6) is 0 Å². The highest BCUT2D eigenvalue weighted by Crippen LogP contribution is 2.58. The van der Waals surface area contributed by atoms with Gasteiger partial charge in [-0.05, 0) is 36.4 Å². The Labute approximate surface area is 142 Å². The van der Waals surface area contributed by atoms with Crippen molar-refractivity contribution in [3.05, 3.63) is 48.0 Å². The van der Waals surface area contributed by atoms with Crippen molar-refractivity contribution in [2.24, 2.45) is 5.41 Å². The van der Waals surface area contributed by atoms with Crippen LogP contribution in [0.2, 0.25) is 0 Å². The number of carboxylic acid groups (broad SMARTS) is 1. The first-order valence-electron chi connectivity index (χ1n) is 7.93. The molecule has 1 aliphatic carbocycles. The van der Waals surface area contributed by atoms with Gasteiger partial charge in [0.15, 0.2) is 0 Å². The number of rotatable bonds is 5. The highest BCUT2D eigenvalue weighted by Gasteiger charge is 2.70. The zero-order valence-corrected chi connectivity index (χ0v) is 13.3. The third kappa shape index (κ3) is 2.51. The zero-order valence-electron chi connectivity index (χ0n) is 13.3. The highest BCUT2D eigenvalue weighted by molar-refractivity contribution is 5.92. The molecule has 1 aromatic carbocycles. The van der Waals surface area contributed by atoms with Crippen molar-refractivity contribution in [2.75, 3.05) is 6.61 Å². The molecule has 2 N–H and O–H groups in total. The molecule has 5 rings (SSSR count). The first-order valence-corrected chi connectivity index (χ1v) is 7.93. The van der Waals surface area contributed by atoms with E-state index in [0.29, 0.717) is 11.5 Å². The number of carbonyl (C=O) groups is 2. The second-order valence-electron chi connectivity index (χ2n) is 6.68. The van der Waals surface area contributed by atoms with Crippen molar-refractivity contribution < 1.29 is 28.2 Å². The van der Waals surface area contributed by atoms with Gasteiger partial charge >= 0.3 is 5.97 Å². The van der Waals surface area contributed by atoms with E-state index in [1.165, 1.54) is 12.1 Å². The van der Waals surface area contributed by atoms with Gasteiger partial charge in [-0.3, -0.25) is 9.59 Å². The van der Waals surface area contributed by atoms with E-state index >= 15 is 0 Å².